The van der Waals surface area contributed by atoms with Gasteiger partial charge in [0.15, 0.2) is 9.79 Å². The molecule has 0 aromatic heterocycles. The molecule has 82 valence electrons. The minimum Gasteiger partial charge on any atom is -0.122 e. The normalized spacial score (nSPS) is 10.6. The van der Waals surface area contributed by atoms with Crippen LogP contribution in [-0.2, 0) is 10.9 Å². The van der Waals surface area contributed by atoms with Gasteiger partial charge in [0.2, 0.25) is 0 Å². The third kappa shape index (κ3) is 2.81. The molecule has 0 radical (unpaired) electrons. The Labute approximate surface area is 105 Å². The first-order chi connectivity index (χ1) is 7.92. The first kappa shape index (κ1) is 11.6. The summed E-state index contributed by atoms with van der Waals surface area (Å²) in [7, 11) is 0.117. The predicted molar refractivity (Wildman–Crippen MR) is 72.4 cm³/mol. The van der Waals surface area contributed by atoms with Crippen LogP contribution < -0.4 is 0 Å². The van der Waals surface area contributed by atoms with Gasteiger partial charge in [-0.3, -0.25) is 0 Å². The van der Waals surface area contributed by atoms with Crippen molar-refractivity contribution in [3.8, 4) is 0 Å². The van der Waals surface area contributed by atoms with E-state index in [1.165, 1.54) is 9.79 Å². The molecule has 0 saturated heterocycles. The van der Waals surface area contributed by atoms with Crippen LogP contribution in [0.1, 0.15) is 0 Å². The predicted octanol–water partition coefficient (Wildman–Crippen LogP) is 3.96. The molecule has 0 aliphatic heterocycles. The largest absolute Gasteiger partial charge is 0.160 e. The number of rotatable bonds is 4. The molecule has 0 aliphatic carbocycles. The lowest BCUT2D eigenvalue weighted by molar-refractivity contribution is 1.34. The topological polar surface area (TPSA) is 0 Å². The van der Waals surface area contributed by atoms with Crippen molar-refractivity contribution in [2.24, 2.45) is 0 Å². The van der Waals surface area contributed by atoms with Crippen LogP contribution >= 0.6 is 11.6 Å². The summed E-state index contributed by atoms with van der Waals surface area (Å²) >= 11 is 5.90. The second kappa shape index (κ2) is 5.97. The third-order valence-corrected chi connectivity index (χ3v) is 5.04. The van der Waals surface area contributed by atoms with Gasteiger partial charge in [0, 0.05) is 0 Å². The Morgan fingerprint density at radius 2 is 1.19 bits per heavy atom. The number of halogens is 1. The molecule has 0 bridgehead atoms. The lowest BCUT2D eigenvalue weighted by atomic mass is 10.4. The van der Waals surface area contributed by atoms with Gasteiger partial charge in [0.25, 0.3) is 0 Å². The van der Waals surface area contributed by atoms with Gasteiger partial charge in [-0.25, -0.2) is 0 Å². The molecule has 2 heteroatoms. The smallest absolute Gasteiger partial charge is 0.122 e. The summed E-state index contributed by atoms with van der Waals surface area (Å²) in [5.41, 5.74) is 0. The van der Waals surface area contributed by atoms with E-state index in [2.05, 4.69) is 60.7 Å². The van der Waals surface area contributed by atoms with Gasteiger partial charge in [0.1, 0.15) is 5.75 Å². The van der Waals surface area contributed by atoms with Gasteiger partial charge >= 0.3 is 0 Å². The zero-order valence-corrected chi connectivity index (χ0v) is 10.5. The molecule has 0 spiro atoms. The van der Waals surface area contributed by atoms with Gasteiger partial charge in [-0.2, -0.15) is 0 Å². The lowest BCUT2D eigenvalue weighted by Crippen LogP contribution is -2.09. The fourth-order valence-corrected chi connectivity index (χ4v) is 3.95. The van der Waals surface area contributed by atoms with Gasteiger partial charge in [0.05, 0.1) is 16.8 Å². The lowest BCUT2D eigenvalue weighted by Gasteiger charge is -2.05. The molecule has 0 unspecified atom stereocenters. The molecule has 0 atom stereocenters. The Bertz CT molecular complexity index is 374. The van der Waals surface area contributed by atoms with Crippen molar-refractivity contribution < 1.29 is 0 Å². The van der Waals surface area contributed by atoms with Crippen molar-refractivity contribution in [2.45, 2.75) is 9.79 Å². The first-order valence-electron chi connectivity index (χ1n) is 5.29. The average Bonchev–Trinajstić information content (AvgIpc) is 2.38. The molecule has 0 fully saturated rings. The van der Waals surface area contributed by atoms with Crippen LogP contribution in [0.15, 0.2) is 70.5 Å². The van der Waals surface area contributed by atoms with Crippen molar-refractivity contribution in [1.29, 1.82) is 0 Å². The van der Waals surface area contributed by atoms with E-state index in [0.29, 0.717) is 5.88 Å². The summed E-state index contributed by atoms with van der Waals surface area (Å²) in [6, 6.07) is 21.2. The summed E-state index contributed by atoms with van der Waals surface area (Å²) in [5, 5.41) is 0. The fourth-order valence-electron chi connectivity index (χ4n) is 1.62. The Morgan fingerprint density at radius 3 is 1.56 bits per heavy atom. The fraction of sp³-hybridized carbons (Fsp3) is 0.143. The minimum absolute atomic E-state index is 0.117. The maximum absolute atomic E-state index is 5.90. The molecule has 0 saturated carbocycles. The number of benzene rings is 2. The maximum atomic E-state index is 5.90. The van der Waals surface area contributed by atoms with Crippen molar-refractivity contribution in [3.05, 3.63) is 60.7 Å². The number of hydrogen-bond acceptors (Lipinski definition) is 0. The molecular weight excluding hydrogens is 236 g/mol. The summed E-state index contributed by atoms with van der Waals surface area (Å²) in [6.07, 6.45) is 0. The van der Waals surface area contributed by atoms with Gasteiger partial charge < -0.3 is 0 Å². The molecule has 0 heterocycles. The van der Waals surface area contributed by atoms with E-state index in [0.717, 1.165) is 5.75 Å². The molecule has 16 heavy (non-hydrogen) atoms. The van der Waals surface area contributed by atoms with E-state index in [-0.39, 0.29) is 10.9 Å². The van der Waals surface area contributed by atoms with Crippen molar-refractivity contribution in [1.82, 2.24) is 0 Å². The van der Waals surface area contributed by atoms with E-state index in [1.54, 1.807) is 0 Å². The molecule has 2 rings (SSSR count). The SMILES string of the molecule is ClCC[S+](c1ccccc1)c1ccccc1. The summed E-state index contributed by atoms with van der Waals surface area (Å²) in [4.78, 5) is 2.74. The molecule has 0 aliphatic rings. The first-order valence-corrected chi connectivity index (χ1v) is 7.21. The second-order valence-electron chi connectivity index (χ2n) is 3.41. The molecule has 0 nitrogen and oxygen atoms in total. The summed E-state index contributed by atoms with van der Waals surface area (Å²) in [5.74, 6) is 1.71. The summed E-state index contributed by atoms with van der Waals surface area (Å²) in [6.45, 7) is 0. The molecule has 2 aromatic rings. The van der Waals surface area contributed by atoms with Gasteiger partial charge in [-0.15, -0.1) is 11.6 Å². The highest BCUT2D eigenvalue weighted by Gasteiger charge is 2.23. The minimum atomic E-state index is 0.117. The highest BCUT2D eigenvalue weighted by molar-refractivity contribution is 7.97. The van der Waals surface area contributed by atoms with Gasteiger partial charge in [-0.1, -0.05) is 36.4 Å². The van der Waals surface area contributed by atoms with Crippen LogP contribution in [0.25, 0.3) is 0 Å². The van der Waals surface area contributed by atoms with E-state index < -0.39 is 0 Å². The highest BCUT2D eigenvalue weighted by atomic mass is 35.5. The van der Waals surface area contributed by atoms with Crippen LogP contribution in [0.4, 0.5) is 0 Å². The van der Waals surface area contributed by atoms with Crippen molar-refractivity contribution in [2.75, 3.05) is 11.6 Å². The third-order valence-electron chi connectivity index (χ3n) is 2.34. The van der Waals surface area contributed by atoms with Crippen molar-refractivity contribution >= 4 is 22.5 Å². The Balaban J connectivity index is 2.31. The van der Waals surface area contributed by atoms with Crippen molar-refractivity contribution in [3.63, 3.8) is 0 Å². The molecule has 0 N–H and O–H groups in total. The second-order valence-corrected chi connectivity index (χ2v) is 5.92. The van der Waals surface area contributed by atoms with Gasteiger partial charge in [-0.05, 0) is 24.3 Å². The quantitative estimate of drug-likeness (QED) is 0.568. The van der Waals surface area contributed by atoms with E-state index in [1.807, 2.05) is 0 Å². The van der Waals surface area contributed by atoms with Crippen LogP contribution in [0.3, 0.4) is 0 Å². The standard InChI is InChI=1S/C14H14ClS/c15-11-12-16(13-7-3-1-4-8-13)14-9-5-2-6-10-14/h1-10H,11-12H2/q+1. The Morgan fingerprint density at radius 1 is 0.750 bits per heavy atom. The van der Waals surface area contributed by atoms with Crippen LogP contribution in [0, 0.1) is 0 Å². The zero-order chi connectivity index (χ0) is 11.2. The highest BCUT2D eigenvalue weighted by Crippen LogP contribution is 2.23. The Hall–Kier alpha value is -0.920. The van der Waals surface area contributed by atoms with Crippen LogP contribution in [0.5, 0.6) is 0 Å². The number of alkyl halides is 1. The molecular formula is C14H14ClS+. The zero-order valence-electron chi connectivity index (χ0n) is 8.97. The maximum Gasteiger partial charge on any atom is 0.160 e. The Kier molecular flexibility index (Phi) is 4.32. The average molecular weight is 250 g/mol. The van der Waals surface area contributed by atoms with Crippen LogP contribution in [-0.4, -0.2) is 11.6 Å². The summed E-state index contributed by atoms with van der Waals surface area (Å²) < 4.78 is 0. The van der Waals surface area contributed by atoms with E-state index >= 15 is 0 Å². The van der Waals surface area contributed by atoms with E-state index in [9.17, 15) is 0 Å². The van der Waals surface area contributed by atoms with Crippen LogP contribution in [0.2, 0.25) is 0 Å². The van der Waals surface area contributed by atoms with E-state index in [4.69, 9.17) is 11.6 Å². The molecule has 2 aromatic carbocycles. The number of hydrogen-bond donors (Lipinski definition) is 0. The molecule has 0 amide bonds. The monoisotopic (exact) mass is 249 g/mol.